The lowest BCUT2D eigenvalue weighted by atomic mass is 9.88. The number of carboxylic acids is 1. The lowest BCUT2D eigenvalue weighted by Gasteiger charge is -2.35. The van der Waals surface area contributed by atoms with Crippen LogP contribution in [0.5, 0.6) is 0 Å². The van der Waals surface area contributed by atoms with E-state index in [0.717, 1.165) is 19.3 Å². The van der Waals surface area contributed by atoms with Gasteiger partial charge in [-0.15, -0.1) is 0 Å². The number of nitrogens with zero attached hydrogens (tertiary/aromatic N) is 4. The number of likely N-dealkylation sites (tertiary alicyclic amines) is 1. The zero-order chi connectivity index (χ0) is 26.2. The Balaban J connectivity index is 1.45. The average molecular weight is 497 g/mol. The van der Waals surface area contributed by atoms with E-state index in [1.165, 1.54) is 29.2 Å². The van der Waals surface area contributed by atoms with Crippen LogP contribution < -0.4 is 0 Å². The molecule has 0 unspecified atom stereocenters. The highest BCUT2D eigenvalue weighted by Gasteiger charge is 2.52. The number of aromatic nitrogens is 2. The molecule has 2 heterocycles. The fourth-order valence-corrected chi connectivity index (χ4v) is 5.19. The van der Waals surface area contributed by atoms with Gasteiger partial charge < -0.3 is 9.84 Å². The smallest absolute Gasteiger partial charge is 0.411 e. The molecule has 2 aliphatic rings. The highest BCUT2D eigenvalue weighted by atomic mass is 19.1. The SMILES string of the molecule is CC(C)(C)OC(=O)N1[C@@H]2CC[C@@H](C2)[C@H]1C(=O)C[C@H](C#N)Cc1ccc(-n2cc(C(=O)O)cn2)cc1F. The second-order valence-electron chi connectivity index (χ2n) is 10.5. The minimum atomic E-state index is -1.14. The number of piperidine rings is 1. The van der Waals surface area contributed by atoms with Gasteiger partial charge in [0.15, 0.2) is 5.78 Å². The van der Waals surface area contributed by atoms with Crippen LogP contribution in [-0.4, -0.2) is 55.3 Å². The van der Waals surface area contributed by atoms with Crippen LogP contribution in [0.1, 0.15) is 62.4 Å². The predicted molar refractivity (Wildman–Crippen MR) is 126 cm³/mol. The monoisotopic (exact) mass is 496 g/mol. The number of carbonyl (C=O) groups excluding carboxylic acids is 2. The Kier molecular flexibility index (Phi) is 6.85. The second-order valence-corrected chi connectivity index (χ2v) is 10.5. The van der Waals surface area contributed by atoms with Gasteiger partial charge in [-0.2, -0.15) is 10.4 Å². The third kappa shape index (κ3) is 5.25. The van der Waals surface area contributed by atoms with E-state index in [2.05, 4.69) is 11.2 Å². The summed E-state index contributed by atoms with van der Waals surface area (Å²) in [6.07, 6.45) is 4.31. The molecule has 0 spiro atoms. The van der Waals surface area contributed by atoms with Crippen molar-refractivity contribution in [2.24, 2.45) is 11.8 Å². The Morgan fingerprint density at radius 3 is 2.67 bits per heavy atom. The molecule has 1 amide bonds. The number of rotatable bonds is 7. The molecule has 2 bridgehead atoms. The number of fused-ring (bicyclic) bond motifs is 2. The van der Waals surface area contributed by atoms with Crippen molar-refractivity contribution < 1.29 is 28.6 Å². The summed E-state index contributed by atoms with van der Waals surface area (Å²) in [5.41, 5.74) is -0.107. The molecule has 36 heavy (non-hydrogen) atoms. The molecule has 10 heteroatoms. The normalized spacial score (nSPS) is 21.8. The molecule has 4 atom stereocenters. The van der Waals surface area contributed by atoms with Gasteiger partial charge in [-0.05, 0) is 70.1 Å². The van der Waals surface area contributed by atoms with E-state index in [4.69, 9.17) is 9.84 Å². The molecule has 2 fully saturated rings. The molecule has 1 aliphatic heterocycles. The number of ketones is 1. The van der Waals surface area contributed by atoms with Crippen LogP contribution in [0.3, 0.4) is 0 Å². The number of Topliss-reactive ketones (excluding diaryl/α,β-unsaturated/α-hetero) is 1. The van der Waals surface area contributed by atoms with Crippen molar-refractivity contribution in [1.82, 2.24) is 14.7 Å². The number of ether oxygens (including phenoxy) is 1. The number of amides is 1. The Bertz CT molecular complexity index is 1230. The van der Waals surface area contributed by atoms with E-state index in [1.807, 2.05) is 0 Å². The Morgan fingerprint density at radius 2 is 2.06 bits per heavy atom. The van der Waals surface area contributed by atoms with Crippen molar-refractivity contribution in [2.75, 3.05) is 0 Å². The third-order valence-electron chi connectivity index (χ3n) is 6.75. The van der Waals surface area contributed by atoms with Crippen LogP contribution in [0.15, 0.2) is 30.6 Å². The van der Waals surface area contributed by atoms with Gasteiger partial charge >= 0.3 is 12.1 Å². The number of halogens is 1. The van der Waals surface area contributed by atoms with E-state index < -0.39 is 35.4 Å². The van der Waals surface area contributed by atoms with Crippen molar-refractivity contribution >= 4 is 17.8 Å². The summed E-state index contributed by atoms with van der Waals surface area (Å²) in [4.78, 5) is 38.8. The maximum absolute atomic E-state index is 14.9. The molecule has 1 aliphatic carbocycles. The summed E-state index contributed by atoms with van der Waals surface area (Å²) in [6, 6.07) is 5.76. The highest BCUT2D eigenvalue weighted by Crippen LogP contribution is 2.44. The molecule has 1 aromatic heterocycles. The first-order valence-corrected chi connectivity index (χ1v) is 12.0. The summed E-state index contributed by atoms with van der Waals surface area (Å²) in [5.74, 6) is -2.63. The zero-order valence-corrected chi connectivity index (χ0v) is 20.5. The molecule has 1 saturated carbocycles. The number of hydrogen-bond donors (Lipinski definition) is 1. The quantitative estimate of drug-likeness (QED) is 0.611. The second kappa shape index (κ2) is 9.72. The van der Waals surface area contributed by atoms with Crippen LogP contribution >= 0.6 is 0 Å². The molecule has 190 valence electrons. The molecule has 2 aromatic rings. The maximum Gasteiger partial charge on any atom is 0.411 e. The van der Waals surface area contributed by atoms with E-state index in [9.17, 15) is 24.0 Å². The van der Waals surface area contributed by atoms with Gasteiger partial charge in [0.1, 0.15) is 11.4 Å². The zero-order valence-electron chi connectivity index (χ0n) is 20.5. The largest absolute Gasteiger partial charge is 0.478 e. The first-order valence-electron chi connectivity index (χ1n) is 12.0. The number of aromatic carboxylic acids is 1. The Morgan fingerprint density at radius 1 is 1.31 bits per heavy atom. The van der Waals surface area contributed by atoms with E-state index in [-0.39, 0.29) is 41.7 Å². The van der Waals surface area contributed by atoms with Crippen LogP contribution in [0, 0.1) is 29.0 Å². The van der Waals surface area contributed by atoms with Crippen LogP contribution in [-0.2, 0) is 16.0 Å². The van der Waals surface area contributed by atoms with Crippen LogP contribution in [0.2, 0.25) is 0 Å². The molecule has 4 rings (SSSR count). The van der Waals surface area contributed by atoms with Gasteiger partial charge in [-0.3, -0.25) is 9.69 Å². The maximum atomic E-state index is 14.9. The van der Waals surface area contributed by atoms with Gasteiger partial charge in [0, 0.05) is 18.7 Å². The first-order chi connectivity index (χ1) is 17.0. The van der Waals surface area contributed by atoms with E-state index >= 15 is 0 Å². The fraction of sp³-hybridized carbons (Fsp3) is 0.500. The summed E-state index contributed by atoms with van der Waals surface area (Å²) in [6.45, 7) is 5.33. The predicted octanol–water partition coefficient (Wildman–Crippen LogP) is 4.14. The lowest BCUT2D eigenvalue weighted by Crippen LogP contribution is -2.51. The number of carboxylic acid groups (broad SMARTS) is 1. The number of hydrogen-bond acceptors (Lipinski definition) is 6. The summed E-state index contributed by atoms with van der Waals surface area (Å²) in [5, 5.41) is 22.7. The van der Waals surface area contributed by atoms with Gasteiger partial charge in [0.25, 0.3) is 0 Å². The Hall–Kier alpha value is -3.74. The molecule has 1 saturated heterocycles. The van der Waals surface area contributed by atoms with Crippen molar-refractivity contribution in [2.45, 2.75) is 70.6 Å². The third-order valence-corrected chi connectivity index (χ3v) is 6.75. The highest BCUT2D eigenvalue weighted by molar-refractivity contribution is 5.89. The van der Waals surface area contributed by atoms with Gasteiger partial charge in [0.05, 0.1) is 35.5 Å². The summed E-state index contributed by atoms with van der Waals surface area (Å²) in [7, 11) is 0. The number of carbonyl (C=O) groups is 3. The standard InChI is InChI=1S/C26H29FN4O5/c1-26(2,3)36-25(35)31-20-7-5-17(10-20)23(31)22(32)9-15(12-28)8-16-4-6-19(11-21(16)27)30-14-18(13-29-30)24(33)34/h4,6,11,13-15,17,20,23H,5,7-10H2,1-3H3,(H,33,34)/t15-,17+,20-,23+/m1/s1. The number of nitriles is 1. The topological polar surface area (TPSA) is 126 Å². The van der Waals surface area contributed by atoms with Gasteiger partial charge in [-0.1, -0.05) is 6.07 Å². The van der Waals surface area contributed by atoms with Gasteiger partial charge in [0.2, 0.25) is 0 Å². The minimum Gasteiger partial charge on any atom is -0.478 e. The molecule has 1 aromatic carbocycles. The van der Waals surface area contributed by atoms with Crippen molar-refractivity contribution in [1.29, 1.82) is 5.26 Å². The van der Waals surface area contributed by atoms with Crippen molar-refractivity contribution in [3.05, 3.63) is 47.5 Å². The molecule has 9 nitrogen and oxygen atoms in total. The fourth-order valence-electron chi connectivity index (χ4n) is 5.19. The number of benzene rings is 1. The van der Waals surface area contributed by atoms with Crippen molar-refractivity contribution in [3.63, 3.8) is 0 Å². The van der Waals surface area contributed by atoms with Crippen LogP contribution in [0.25, 0.3) is 5.69 Å². The molecular formula is C26H29FN4O5. The molecule has 1 N–H and O–H groups in total. The van der Waals surface area contributed by atoms with E-state index in [0.29, 0.717) is 5.69 Å². The van der Waals surface area contributed by atoms with Crippen LogP contribution in [0.4, 0.5) is 9.18 Å². The molecule has 0 radical (unpaired) electrons. The summed E-state index contributed by atoms with van der Waals surface area (Å²) >= 11 is 0. The Labute approximate surface area is 208 Å². The average Bonchev–Trinajstić information content (AvgIpc) is 3.54. The van der Waals surface area contributed by atoms with Crippen molar-refractivity contribution in [3.8, 4) is 11.8 Å². The minimum absolute atomic E-state index is 0.0245. The summed E-state index contributed by atoms with van der Waals surface area (Å²) < 4.78 is 21.7. The first kappa shape index (κ1) is 25.4. The van der Waals surface area contributed by atoms with Gasteiger partial charge in [-0.25, -0.2) is 18.7 Å². The van der Waals surface area contributed by atoms with E-state index in [1.54, 1.807) is 31.7 Å². The lowest BCUT2D eigenvalue weighted by molar-refractivity contribution is -0.126. The molecular weight excluding hydrogens is 467 g/mol.